The third kappa shape index (κ3) is 3.51. The Hall–Kier alpha value is -1.66. The Morgan fingerprint density at radius 3 is 2.40 bits per heavy atom. The average molecular weight is 345 g/mol. The number of hydrogen-bond donors (Lipinski definition) is 0. The van der Waals surface area contributed by atoms with Crippen LogP contribution < -0.4 is 4.90 Å². The molecular formula is C19H27N3O3. The molecule has 0 radical (unpaired) electrons. The molecule has 0 aliphatic carbocycles. The van der Waals surface area contributed by atoms with E-state index in [2.05, 4.69) is 16.8 Å². The van der Waals surface area contributed by atoms with Crippen molar-refractivity contribution in [2.24, 2.45) is 5.92 Å². The molecule has 136 valence electrons. The van der Waals surface area contributed by atoms with E-state index in [1.54, 1.807) is 0 Å². The molecule has 4 heterocycles. The number of rotatable bonds is 2. The molecule has 0 atom stereocenters. The summed E-state index contributed by atoms with van der Waals surface area (Å²) in [6, 6.07) is 3.88. The minimum absolute atomic E-state index is 0.0591. The summed E-state index contributed by atoms with van der Waals surface area (Å²) in [4.78, 5) is 21.2. The van der Waals surface area contributed by atoms with Crippen LogP contribution in [-0.4, -0.2) is 61.0 Å². The summed E-state index contributed by atoms with van der Waals surface area (Å²) >= 11 is 0. The second-order valence-corrected chi connectivity index (χ2v) is 7.47. The van der Waals surface area contributed by atoms with E-state index in [1.165, 1.54) is 0 Å². The zero-order valence-electron chi connectivity index (χ0n) is 14.9. The Balaban J connectivity index is 1.36. The molecule has 4 rings (SSSR count). The Kier molecular flexibility index (Phi) is 4.65. The fourth-order valence-corrected chi connectivity index (χ4v) is 3.96. The lowest BCUT2D eigenvalue weighted by molar-refractivity contribution is -0.169. The van der Waals surface area contributed by atoms with E-state index in [0.29, 0.717) is 18.9 Å². The first kappa shape index (κ1) is 16.8. The number of amides is 1. The van der Waals surface area contributed by atoms with Crippen molar-refractivity contribution in [3.63, 3.8) is 0 Å². The van der Waals surface area contributed by atoms with E-state index in [-0.39, 0.29) is 11.7 Å². The SMILES string of the molecule is CC1CCN(C(=O)c2ccc(N3CCC4(CC3)OCCO4)cn2)CC1. The molecule has 3 fully saturated rings. The number of carbonyl (C=O) groups is 1. The average Bonchev–Trinajstić information content (AvgIpc) is 3.11. The third-order valence-electron chi connectivity index (χ3n) is 5.74. The number of nitrogens with zero attached hydrogens (tertiary/aromatic N) is 3. The van der Waals surface area contributed by atoms with Gasteiger partial charge in [-0.3, -0.25) is 4.79 Å². The van der Waals surface area contributed by atoms with Crippen molar-refractivity contribution in [3.05, 3.63) is 24.0 Å². The van der Waals surface area contributed by atoms with Crippen LogP contribution in [0.3, 0.4) is 0 Å². The maximum absolute atomic E-state index is 12.6. The normalized spacial score (nSPS) is 24.0. The number of aromatic nitrogens is 1. The monoisotopic (exact) mass is 345 g/mol. The van der Waals surface area contributed by atoms with Crippen LogP contribution in [0.25, 0.3) is 0 Å². The summed E-state index contributed by atoms with van der Waals surface area (Å²) < 4.78 is 11.6. The summed E-state index contributed by atoms with van der Waals surface area (Å²) in [6.45, 7) is 7.12. The van der Waals surface area contributed by atoms with Gasteiger partial charge in [0.25, 0.3) is 5.91 Å². The number of ether oxygens (including phenoxy) is 2. The van der Waals surface area contributed by atoms with Crippen LogP contribution in [0, 0.1) is 5.92 Å². The molecule has 0 bridgehead atoms. The minimum Gasteiger partial charge on any atom is -0.370 e. The van der Waals surface area contributed by atoms with E-state index in [0.717, 1.165) is 63.5 Å². The second kappa shape index (κ2) is 6.92. The van der Waals surface area contributed by atoms with E-state index in [1.807, 2.05) is 23.2 Å². The van der Waals surface area contributed by atoms with Crippen molar-refractivity contribution < 1.29 is 14.3 Å². The van der Waals surface area contributed by atoms with Crippen molar-refractivity contribution in [2.75, 3.05) is 44.3 Å². The van der Waals surface area contributed by atoms with E-state index >= 15 is 0 Å². The Labute approximate surface area is 149 Å². The number of pyridine rings is 1. The van der Waals surface area contributed by atoms with E-state index in [4.69, 9.17) is 9.47 Å². The largest absolute Gasteiger partial charge is 0.370 e. The molecule has 3 aliphatic heterocycles. The molecule has 1 aromatic rings. The number of hydrogen-bond acceptors (Lipinski definition) is 5. The number of anilines is 1. The van der Waals surface area contributed by atoms with Gasteiger partial charge in [-0.2, -0.15) is 0 Å². The summed E-state index contributed by atoms with van der Waals surface area (Å²) in [5.41, 5.74) is 1.62. The van der Waals surface area contributed by atoms with Crippen LogP contribution in [0.1, 0.15) is 43.1 Å². The zero-order valence-corrected chi connectivity index (χ0v) is 14.9. The molecule has 1 spiro atoms. The summed E-state index contributed by atoms with van der Waals surface area (Å²) in [5, 5.41) is 0. The number of piperidine rings is 2. The lowest BCUT2D eigenvalue weighted by Gasteiger charge is -2.38. The van der Waals surface area contributed by atoms with Crippen molar-refractivity contribution in [2.45, 2.75) is 38.4 Å². The van der Waals surface area contributed by atoms with Crippen LogP contribution >= 0.6 is 0 Å². The van der Waals surface area contributed by atoms with Gasteiger partial charge < -0.3 is 19.3 Å². The Morgan fingerprint density at radius 1 is 1.12 bits per heavy atom. The molecule has 3 saturated heterocycles. The lowest BCUT2D eigenvalue weighted by Crippen LogP contribution is -2.45. The predicted octanol–water partition coefficient (Wildman–Crippen LogP) is 2.30. The molecule has 6 heteroatoms. The molecule has 0 unspecified atom stereocenters. The van der Waals surface area contributed by atoms with Crippen molar-refractivity contribution in [1.82, 2.24) is 9.88 Å². The molecule has 6 nitrogen and oxygen atoms in total. The van der Waals surface area contributed by atoms with Crippen LogP contribution in [0.2, 0.25) is 0 Å². The molecule has 1 amide bonds. The first-order valence-electron chi connectivity index (χ1n) is 9.43. The maximum Gasteiger partial charge on any atom is 0.272 e. The molecule has 0 N–H and O–H groups in total. The highest BCUT2D eigenvalue weighted by Crippen LogP contribution is 2.33. The van der Waals surface area contributed by atoms with Crippen LogP contribution in [-0.2, 0) is 9.47 Å². The van der Waals surface area contributed by atoms with Gasteiger partial charge in [0.05, 0.1) is 25.1 Å². The van der Waals surface area contributed by atoms with Gasteiger partial charge in [0.1, 0.15) is 5.69 Å². The number of carbonyl (C=O) groups excluding carboxylic acids is 1. The van der Waals surface area contributed by atoms with Gasteiger partial charge >= 0.3 is 0 Å². The fraction of sp³-hybridized carbons (Fsp3) is 0.684. The van der Waals surface area contributed by atoms with Gasteiger partial charge in [-0.15, -0.1) is 0 Å². The predicted molar refractivity (Wildman–Crippen MR) is 94.6 cm³/mol. The fourth-order valence-electron chi connectivity index (χ4n) is 3.96. The first-order valence-corrected chi connectivity index (χ1v) is 9.43. The van der Waals surface area contributed by atoms with Gasteiger partial charge in [-0.05, 0) is 30.9 Å². The van der Waals surface area contributed by atoms with Crippen molar-refractivity contribution in [1.29, 1.82) is 0 Å². The molecule has 0 aromatic carbocycles. The van der Waals surface area contributed by atoms with Gasteiger partial charge in [0, 0.05) is 39.0 Å². The molecule has 1 aromatic heterocycles. The van der Waals surface area contributed by atoms with Crippen LogP contribution in [0.15, 0.2) is 18.3 Å². The Bertz CT molecular complexity index is 595. The maximum atomic E-state index is 12.6. The molecule has 3 aliphatic rings. The van der Waals surface area contributed by atoms with E-state index < -0.39 is 0 Å². The van der Waals surface area contributed by atoms with Gasteiger partial charge in [0.15, 0.2) is 5.79 Å². The third-order valence-corrected chi connectivity index (χ3v) is 5.74. The van der Waals surface area contributed by atoms with Crippen LogP contribution in [0.5, 0.6) is 0 Å². The van der Waals surface area contributed by atoms with Crippen LogP contribution in [0.4, 0.5) is 5.69 Å². The zero-order chi connectivity index (χ0) is 17.3. The first-order chi connectivity index (χ1) is 12.2. The minimum atomic E-state index is -0.356. The van der Waals surface area contributed by atoms with Gasteiger partial charge in [-0.1, -0.05) is 6.92 Å². The number of likely N-dealkylation sites (tertiary alicyclic amines) is 1. The lowest BCUT2D eigenvalue weighted by atomic mass is 9.99. The Morgan fingerprint density at radius 2 is 1.80 bits per heavy atom. The second-order valence-electron chi connectivity index (χ2n) is 7.47. The molecule has 25 heavy (non-hydrogen) atoms. The van der Waals surface area contributed by atoms with Gasteiger partial charge in [0.2, 0.25) is 0 Å². The summed E-state index contributed by atoms with van der Waals surface area (Å²) in [7, 11) is 0. The smallest absolute Gasteiger partial charge is 0.272 e. The molecule has 0 saturated carbocycles. The molecular weight excluding hydrogens is 318 g/mol. The van der Waals surface area contributed by atoms with E-state index in [9.17, 15) is 4.79 Å². The van der Waals surface area contributed by atoms with Gasteiger partial charge in [-0.25, -0.2) is 4.98 Å². The van der Waals surface area contributed by atoms with Crippen molar-refractivity contribution >= 4 is 11.6 Å². The highest BCUT2D eigenvalue weighted by molar-refractivity contribution is 5.92. The standard InChI is InChI=1S/C19H27N3O3/c1-15-4-8-22(9-5-15)18(23)17-3-2-16(14-20-17)21-10-6-19(7-11-21)24-12-13-25-19/h2-3,14-15H,4-13H2,1H3. The van der Waals surface area contributed by atoms with Crippen molar-refractivity contribution in [3.8, 4) is 0 Å². The summed E-state index contributed by atoms with van der Waals surface area (Å²) in [6.07, 6.45) is 5.75. The summed E-state index contributed by atoms with van der Waals surface area (Å²) in [5.74, 6) is 0.420. The topological polar surface area (TPSA) is 54.9 Å². The quantitative estimate of drug-likeness (QED) is 0.823. The highest BCUT2D eigenvalue weighted by Gasteiger charge is 2.39. The highest BCUT2D eigenvalue weighted by atomic mass is 16.7.